The van der Waals surface area contributed by atoms with E-state index in [1.807, 2.05) is 12.1 Å². The average Bonchev–Trinajstić information content (AvgIpc) is 2.42. The highest BCUT2D eigenvalue weighted by Gasteiger charge is 2.17. The van der Waals surface area contributed by atoms with Crippen LogP contribution >= 0.6 is 0 Å². The third-order valence-electron chi connectivity index (χ3n) is 4.36. The van der Waals surface area contributed by atoms with Crippen LogP contribution in [0.5, 0.6) is 0 Å². The Morgan fingerprint density at radius 3 is 2.63 bits per heavy atom. The van der Waals surface area contributed by atoms with E-state index < -0.39 is 0 Å². The van der Waals surface area contributed by atoms with Crippen molar-refractivity contribution in [1.82, 2.24) is 5.32 Å². The van der Waals surface area contributed by atoms with Crippen molar-refractivity contribution in [2.45, 2.75) is 46.1 Å². The zero-order chi connectivity index (χ0) is 13.7. The first kappa shape index (κ1) is 14.1. The highest BCUT2D eigenvalue weighted by atomic mass is 14.9. The first-order valence-corrected chi connectivity index (χ1v) is 7.39. The van der Waals surface area contributed by atoms with Crippen molar-refractivity contribution < 1.29 is 0 Å². The summed E-state index contributed by atoms with van der Waals surface area (Å²) in [6.07, 6.45) is 5.53. The summed E-state index contributed by atoms with van der Waals surface area (Å²) in [5.74, 6) is 1.78. The highest BCUT2D eigenvalue weighted by molar-refractivity contribution is 5.37. The Kier molecular flexibility index (Phi) is 4.99. The van der Waals surface area contributed by atoms with Gasteiger partial charge in [-0.3, -0.25) is 0 Å². The minimum Gasteiger partial charge on any atom is -0.312 e. The molecule has 0 saturated heterocycles. The minimum atomic E-state index is 0.752. The average molecular weight is 256 g/mol. The lowest BCUT2D eigenvalue weighted by Gasteiger charge is -2.26. The predicted octanol–water partition coefficient (Wildman–Crippen LogP) is 3.78. The Bertz CT molecular complexity index is 451. The maximum Gasteiger partial charge on any atom is 0.0991 e. The molecule has 0 atom stereocenters. The molecule has 1 aromatic rings. The SMILES string of the molecule is Cc1cc(C#N)ccc1CNCC1CCC(C)CC1. The Labute approximate surface area is 116 Å². The summed E-state index contributed by atoms with van der Waals surface area (Å²) in [4.78, 5) is 0. The fourth-order valence-electron chi connectivity index (χ4n) is 2.91. The molecule has 0 aliphatic heterocycles. The first-order chi connectivity index (χ1) is 9.19. The fourth-order valence-corrected chi connectivity index (χ4v) is 2.91. The van der Waals surface area contributed by atoms with Gasteiger partial charge in [0.05, 0.1) is 11.6 Å². The second-order valence-electron chi connectivity index (χ2n) is 6.01. The summed E-state index contributed by atoms with van der Waals surface area (Å²) in [5.41, 5.74) is 3.27. The van der Waals surface area contributed by atoms with Crippen molar-refractivity contribution in [3.63, 3.8) is 0 Å². The molecule has 1 aliphatic rings. The zero-order valence-electron chi connectivity index (χ0n) is 12.1. The molecule has 0 spiro atoms. The van der Waals surface area contributed by atoms with Crippen LogP contribution in [0.25, 0.3) is 0 Å². The Balaban J connectivity index is 1.78. The Morgan fingerprint density at radius 2 is 2.00 bits per heavy atom. The van der Waals surface area contributed by atoms with Crippen molar-refractivity contribution >= 4 is 0 Å². The van der Waals surface area contributed by atoms with Crippen LogP contribution in [0, 0.1) is 30.1 Å². The number of rotatable bonds is 4. The van der Waals surface area contributed by atoms with Gasteiger partial charge in [0.1, 0.15) is 0 Å². The second kappa shape index (κ2) is 6.73. The molecule has 102 valence electrons. The zero-order valence-corrected chi connectivity index (χ0v) is 12.1. The summed E-state index contributed by atoms with van der Waals surface area (Å²) >= 11 is 0. The molecule has 0 unspecified atom stereocenters. The van der Waals surface area contributed by atoms with Crippen LogP contribution in [-0.4, -0.2) is 6.54 Å². The molecule has 0 heterocycles. The number of aryl methyl sites for hydroxylation is 1. The highest BCUT2D eigenvalue weighted by Crippen LogP contribution is 2.27. The topological polar surface area (TPSA) is 35.8 Å². The van der Waals surface area contributed by atoms with Crippen molar-refractivity contribution in [3.8, 4) is 6.07 Å². The largest absolute Gasteiger partial charge is 0.312 e. The monoisotopic (exact) mass is 256 g/mol. The van der Waals surface area contributed by atoms with E-state index in [2.05, 4.69) is 31.3 Å². The third-order valence-corrected chi connectivity index (χ3v) is 4.36. The van der Waals surface area contributed by atoms with Gasteiger partial charge < -0.3 is 5.32 Å². The molecule has 1 fully saturated rings. The molecule has 2 heteroatoms. The quantitative estimate of drug-likeness (QED) is 0.889. The molecule has 2 nitrogen and oxygen atoms in total. The fraction of sp³-hybridized carbons (Fsp3) is 0.588. The Hall–Kier alpha value is -1.33. The van der Waals surface area contributed by atoms with E-state index in [1.54, 1.807) is 0 Å². The van der Waals surface area contributed by atoms with Gasteiger partial charge in [-0.2, -0.15) is 5.26 Å². The number of hydrogen-bond acceptors (Lipinski definition) is 2. The molecule has 1 aliphatic carbocycles. The molecular formula is C17H24N2. The van der Waals surface area contributed by atoms with Gasteiger partial charge in [0.15, 0.2) is 0 Å². The maximum absolute atomic E-state index is 8.85. The number of nitrogens with zero attached hydrogens (tertiary/aromatic N) is 1. The Morgan fingerprint density at radius 1 is 1.26 bits per heavy atom. The molecule has 0 aromatic heterocycles. The van der Waals surface area contributed by atoms with E-state index in [9.17, 15) is 0 Å². The summed E-state index contributed by atoms with van der Waals surface area (Å²) in [5, 5.41) is 12.4. The molecule has 1 N–H and O–H groups in total. The van der Waals surface area contributed by atoms with Crippen LogP contribution in [0.2, 0.25) is 0 Å². The lowest BCUT2D eigenvalue weighted by Crippen LogP contribution is -2.26. The normalized spacial score (nSPS) is 23.0. The van der Waals surface area contributed by atoms with Gasteiger partial charge in [-0.1, -0.05) is 25.8 Å². The van der Waals surface area contributed by atoms with Crippen molar-refractivity contribution in [3.05, 3.63) is 34.9 Å². The van der Waals surface area contributed by atoms with E-state index in [0.29, 0.717) is 0 Å². The van der Waals surface area contributed by atoms with Crippen LogP contribution in [0.1, 0.15) is 49.3 Å². The molecule has 19 heavy (non-hydrogen) atoms. The summed E-state index contributed by atoms with van der Waals surface area (Å²) in [6, 6.07) is 8.14. The van der Waals surface area contributed by atoms with Crippen molar-refractivity contribution in [2.24, 2.45) is 11.8 Å². The van der Waals surface area contributed by atoms with Crippen LogP contribution in [0.4, 0.5) is 0 Å². The predicted molar refractivity (Wildman–Crippen MR) is 78.7 cm³/mol. The van der Waals surface area contributed by atoms with E-state index in [0.717, 1.165) is 30.5 Å². The molecule has 2 rings (SSSR count). The van der Waals surface area contributed by atoms with Crippen LogP contribution in [0.15, 0.2) is 18.2 Å². The van der Waals surface area contributed by atoms with Crippen molar-refractivity contribution in [2.75, 3.05) is 6.54 Å². The molecular weight excluding hydrogens is 232 g/mol. The molecule has 0 radical (unpaired) electrons. The van der Waals surface area contributed by atoms with Gasteiger partial charge >= 0.3 is 0 Å². The van der Waals surface area contributed by atoms with Gasteiger partial charge in [0, 0.05) is 6.54 Å². The number of nitrogens with one attached hydrogen (secondary N) is 1. The van der Waals surface area contributed by atoms with Crippen LogP contribution in [-0.2, 0) is 6.54 Å². The van der Waals surface area contributed by atoms with Crippen LogP contribution in [0.3, 0.4) is 0 Å². The lowest BCUT2D eigenvalue weighted by atomic mass is 9.83. The molecule has 1 aromatic carbocycles. The minimum absolute atomic E-state index is 0.752. The summed E-state index contributed by atoms with van der Waals surface area (Å²) in [7, 11) is 0. The van der Waals surface area contributed by atoms with Gasteiger partial charge in [0.2, 0.25) is 0 Å². The summed E-state index contributed by atoms with van der Waals surface area (Å²) < 4.78 is 0. The van der Waals surface area contributed by atoms with Crippen LogP contribution < -0.4 is 5.32 Å². The van der Waals surface area contributed by atoms with E-state index in [-0.39, 0.29) is 0 Å². The van der Waals surface area contributed by atoms with Gasteiger partial charge in [-0.15, -0.1) is 0 Å². The number of nitriles is 1. The van der Waals surface area contributed by atoms with Gasteiger partial charge in [-0.05, 0) is 61.4 Å². The maximum atomic E-state index is 8.85. The number of hydrogen-bond donors (Lipinski definition) is 1. The third kappa shape index (κ3) is 4.08. The molecule has 1 saturated carbocycles. The molecule has 0 bridgehead atoms. The van der Waals surface area contributed by atoms with Crippen molar-refractivity contribution in [1.29, 1.82) is 5.26 Å². The van der Waals surface area contributed by atoms with E-state index in [4.69, 9.17) is 5.26 Å². The van der Waals surface area contributed by atoms with Gasteiger partial charge in [-0.25, -0.2) is 0 Å². The summed E-state index contributed by atoms with van der Waals surface area (Å²) in [6.45, 7) is 6.50. The first-order valence-electron chi connectivity index (χ1n) is 7.39. The number of benzene rings is 1. The standard InChI is InChI=1S/C17H24N2/c1-13-3-5-15(6-4-13)11-19-12-17-8-7-16(10-18)9-14(17)2/h7-9,13,15,19H,3-6,11-12H2,1-2H3. The van der Waals surface area contributed by atoms with Gasteiger partial charge in [0.25, 0.3) is 0 Å². The van der Waals surface area contributed by atoms with E-state index in [1.165, 1.54) is 36.8 Å². The molecule has 0 amide bonds. The smallest absolute Gasteiger partial charge is 0.0991 e. The lowest BCUT2D eigenvalue weighted by molar-refractivity contribution is 0.281. The second-order valence-corrected chi connectivity index (χ2v) is 6.01. The van der Waals surface area contributed by atoms with E-state index >= 15 is 0 Å².